The van der Waals surface area contributed by atoms with Crippen molar-refractivity contribution in [3.8, 4) is 0 Å². The first-order valence-corrected chi connectivity index (χ1v) is 6.62. The summed E-state index contributed by atoms with van der Waals surface area (Å²) in [4.78, 5) is 0. The maximum atomic E-state index is 8.86. The van der Waals surface area contributed by atoms with Gasteiger partial charge in [-0.1, -0.05) is 12.1 Å². The van der Waals surface area contributed by atoms with E-state index < -0.39 is 0 Å². The van der Waals surface area contributed by atoms with E-state index in [9.17, 15) is 0 Å². The average molecular weight is 259 g/mol. The van der Waals surface area contributed by atoms with Crippen LogP contribution in [0.4, 0.5) is 5.69 Å². The molecule has 0 unspecified atom stereocenters. The highest BCUT2D eigenvalue weighted by molar-refractivity contribution is 5.46. The number of aliphatic hydroxyl groups is 1. The summed E-state index contributed by atoms with van der Waals surface area (Å²) in [6, 6.07) is 8.34. The van der Waals surface area contributed by atoms with Crippen LogP contribution in [-0.2, 0) is 20.0 Å². The summed E-state index contributed by atoms with van der Waals surface area (Å²) in [6.07, 6.45) is 3.76. The Morgan fingerprint density at radius 3 is 2.89 bits per heavy atom. The van der Waals surface area contributed by atoms with Gasteiger partial charge in [-0.15, -0.1) is 0 Å². The van der Waals surface area contributed by atoms with E-state index in [0.717, 1.165) is 30.8 Å². The van der Waals surface area contributed by atoms with Crippen molar-refractivity contribution in [3.05, 3.63) is 47.3 Å². The molecule has 1 heterocycles. The first kappa shape index (κ1) is 13.6. The molecule has 0 bridgehead atoms. The van der Waals surface area contributed by atoms with Crippen molar-refractivity contribution in [2.45, 2.75) is 26.3 Å². The number of nitrogens with one attached hydrogen (secondary N) is 1. The fourth-order valence-corrected chi connectivity index (χ4v) is 2.14. The Morgan fingerprint density at radius 2 is 2.21 bits per heavy atom. The number of aromatic nitrogens is 2. The molecular formula is C15H21N3O. The second kappa shape index (κ2) is 6.38. The highest BCUT2D eigenvalue weighted by Gasteiger charge is 2.03. The second-order valence-corrected chi connectivity index (χ2v) is 4.79. The van der Waals surface area contributed by atoms with E-state index in [4.69, 9.17) is 5.11 Å². The molecule has 0 spiro atoms. The van der Waals surface area contributed by atoms with Crippen LogP contribution in [-0.4, -0.2) is 21.5 Å². The van der Waals surface area contributed by atoms with E-state index in [1.807, 2.05) is 30.9 Å². The number of aliphatic hydroxyl groups excluding tert-OH is 1. The fourth-order valence-electron chi connectivity index (χ4n) is 2.14. The molecule has 1 aromatic carbocycles. The fraction of sp³-hybridized carbons (Fsp3) is 0.400. The van der Waals surface area contributed by atoms with E-state index in [1.54, 1.807) is 0 Å². The topological polar surface area (TPSA) is 50.1 Å². The van der Waals surface area contributed by atoms with Crippen LogP contribution in [0.5, 0.6) is 0 Å². The summed E-state index contributed by atoms with van der Waals surface area (Å²) < 4.78 is 1.84. The van der Waals surface area contributed by atoms with E-state index in [0.29, 0.717) is 0 Å². The highest BCUT2D eigenvalue weighted by Crippen LogP contribution is 2.14. The smallest absolute Gasteiger partial charge is 0.0643 e. The molecule has 0 saturated heterocycles. The minimum atomic E-state index is 0.243. The first-order chi connectivity index (χ1) is 9.19. The molecule has 4 heteroatoms. The van der Waals surface area contributed by atoms with Gasteiger partial charge < -0.3 is 10.4 Å². The molecule has 19 heavy (non-hydrogen) atoms. The standard InChI is InChI=1S/C15H21N3O/c1-12-14(11-18(2)17-12)10-16-15-7-3-5-13(9-15)6-4-8-19/h3,5,7,9,11,16,19H,4,6,8,10H2,1-2H3. The third kappa shape index (κ3) is 3.83. The maximum absolute atomic E-state index is 8.86. The van der Waals surface area contributed by atoms with E-state index >= 15 is 0 Å². The van der Waals surface area contributed by atoms with Gasteiger partial charge in [0.05, 0.1) is 5.69 Å². The molecule has 2 aromatic rings. The predicted molar refractivity (Wildman–Crippen MR) is 77.1 cm³/mol. The molecule has 0 fully saturated rings. The molecule has 2 rings (SSSR count). The second-order valence-electron chi connectivity index (χ2n) is 4.79. The lowest BCUT2D eigenvalue weighted by molar-refractivity contribution is 0.288. The van der Waals surface area contributed by atoms with Gasteiger partial charge in [0, 0.05) is 37.6 Å². The van der Waals surface area contributed by atoms with Gasteiger partial charge in [0.25, 0.3) is 0 Å². The maximum Gasteiger partial charge on any atom is 0.0643 e. The van der Waals surface area contributed by atoms with E-state index in [2.05, 4.69) is 28.6 Å². The number of hydrogen-bond acceptors (Lipinski definition) is 3. The summed E-state index contributed by atoms with van der Waals surface area (Å²) in [5.41, 5.74) is 4.63. The van der Waals surface area contributed by atoms with Crippen LogP contribution in [0.3, 0.4) is 0 Å². The Labute approximate surface area is 114 Å². The van der Waals surface area contributed by atoms with Crippen LogP contribution in [0.15, 0.2) is 30.5 Å². The molecule has 0 aliphatic heterocycles. The highest BCUT2D eigenvalue weighted by atomic mass is 16.2. The van der Waals surface area contributed by atoms with Gasteiger partial charge in [0.15, 0.2) is 0 Å². The van der Waals surface area contributed by atoms with Crippen molar-refractivity contribution in [1.82, 2.24) is 9.78 Å². The summed E-state index contributed by atoms with van der Waals surface area (Å²) in [5.74, 6) is 0. The van der Waals surface area contributed by atoms with Gasteiger partial charge in [-0.2, -0.15) is 5.10 Å². The minimum absolute atomic E-state index is 0.243. The van der Waals surface area contributed by atoms with E-state index in [1.165, 1.54) is 11.1 Å². The van der Waals surface area contributed by atoms with Crippen molar-refractivity contribution < 1.29 is 5.11 Å². The molecule has 1 aromatic heterocycles. The number of hydrogen-bond donors (Lipinski definition) is 2. The van der Waals surface area contributed by atoms with Gasteiger partial charge in [-0.05, 0) is 37.5 Å². The average Bonchev–Trinajstić information content (AvgIpc) is 2.73. The molecule has 2 N–H and O–H groups in total. The quantitative estimate of drug-likeness (QED) is 0.836. The van der Waals surface area contributed by atoms with Gasteiger partial charge in [0.1, 0.15) is 0 Å². The molecule has 0 atom stereocenters. The Morgan fingerprint density at radius 1 is 1.37 bits per heavy atom. The summed E-state index contributed by atoms with van der Waals surface area (Å²) in [6.45, 7) is 3.05. The molecule has 0 amide bonds. The molecule has 102 valence electrons. The number of anilines is 1. The van der Waals surface area contributed by atoms with Crippen LogP contribution in [0.1, 0.15) is 23.2 Å². The Bertz CT molecular complexity index is 534. The zero-order valence-electron chi connectivity index (χ0n) is 11.6. The third-order valence-electron chi connectivity index (χ3n) is 3.15. The van der Waals surface area contributed by atoms with Crippen LogP contribution in [0.25, 0.3) is 0 Å². The molecule has 0 aliphatic rings. The largest absolute Gasteiger partial charge is 0.396 e. The lowest BCUT2D eigenvalue weighted by atomic mass is 10.1. The van der Waals surface area contributed by atoms with Crippen molar-refractivity contribution in [1.29, 1.82) is 0 Å². The molecule has 4 nitrogen and oxygen atoms in total. The van der Waals surface area contributed by atoms with Gasteiger partial charge >= 0.3 is 0 Å². The summed E-state index contributed by atoms with van der Waals surface area (Å²) >= 11 is 0. The van der Waals surface area contributed by atoms with Crippen LogP contribution >= 0.6 is 0 Å². The summed E-state index contributed by atoms with van der Waals surface area (Å²) in [7, 11) is 1.94. The SMILES string of the molecule is Cc1nn(C)cc1CNc1cccc(CCCO)c1. The molecule has 0 saturated carbocycles. The molecule has 0 aliphatic carbocycles. The van der Waals surface area contributed by atoms with Crippen molar-refractivity contribution >= 4 is 5.69 Å². The van der Waals surface area contributed by atoms with E-state index in [-0.39, 0.29) is 6.61 Å². The zero-order valence-corrected chi connectivity index (χ0v) is 11.6. The van der Waals surface area contributed by atoms with Gasteiger partial charge in [-0.25, -0.2) is 0 Å². The Balaban J connectivity index is 1.97. The van der Waals surface area contributed by atoms with Crippen molar-refractivity contribution in [2.24, 2.45) is 7.05 Å². The molecule has 0 radical (unpaired) electrons. The van der Waals surface area contributed by atoms with Gasteiger partial charge in [-0.3, -0.25) is 4.68 Å². The lowest BCUT2D eigenvalue weighted by Crippen LogP contribution is -2.00. The number of rotatable bonds is 6. The predicted octanol–water partition coefficient (Wildman–Crippen LogP) is 2.27. The monoisotopic (exact) mass is 259 g/mol. The van der Waals surface area contributed by atoms with Crippen LogP contribution < -0.4 is 5.32 Å². The lowest BCUT2D eigenvalue weighted by Gasteiger charge is -2.07. The normalized spacial score (nSPS) is 10.7. The van der Waals surface area contributed by atoms with Crippen LogP contribution in [0.2, 0.25) is 0 Å². The first-order valence-electron chi connectivity index (χ1n) is 6.62. The molecular weight excluding hydrogens is 238 g/mol. The third-order valence-corrected chi connectivity index (χ3v) is 3.15. The Hall–Kier alpha value is -1.81. The number of benzene rings is 1. The van der Waals surface area contributed by atoms with Crippen LogP contribution in [0, 0.1) is 6.92 Å². The number of aryl methyl sites for hydroxylation is 3. The van der Waals surface area contributed by atoms with Crippen molar-refractivity contribution in [2.75, 3.05) is 11.9 Å². The summed E-state index contributed by atoms with van der Waals surface area (Å²) in [5, 5.41) is 16.6. The van der Waals surface area contributed by atoms with Gasteiger partial charge in [0.2, 0.25) is 0 Å². The number of nitrogens with zero attached hydrogens (tertiary/aromatic N) is 2. The minimum Gasteiger partial charge on any atom is -0.396 e. The van der Waals surface area contributed by atoms with Crippen molar-refractivity contribution in [3.63, 3.8) is 0 Å². The Kier molecular flexibility index (Phi) is 4.58. The zero-order chi connectivity index (χ0) is 13.7.